The fourth-order valence-electron chi connectivity index (χ4n) is 2.42. The van der Waals surface area contributed by atoms with E-state index in [2.05, 4.69) is 37.2 Å². The zero-order chi connectivity index (χ0) is 13.7. The summed E-state index contributed by atoms with van der Waals surface area (Å²) in [7, 11) is 2.13. The third-order valence-electron chi connectivity index (χ3n) is 3.49. The van der Waals surface area contributed by atoms with Crippen LogP contribution in [0.3, 0.4) is 0 Å². The van der Waals surface area contributed by atoms with Crippen LogP contribution in [0.25, 0.3) is 0 Å². The molecule has 1 aromatic rings. The van der Waals surface area contributed by atoms with Crippen molar-refractivity contribution in [1.82, 2.24) is 10.2 Å². The third kappa shape index (κ3) is 4.64. The summed E-state index contributed by atoms with van der Waals surface area (Å²) in [5.41, 5.74) is 1.26. The molecule has 108 valence electrons. The number of furan rings is 1. The van der Waals surface area contributed by atoms with Crippen LogP contribution >= 0.6 is 0 Å². The van der Waals surface area contributed by atoms with Crippen molar-refractivity contribution in [3.8, 4) is 0 Å². The number of ether oxygens (including phenoxy) is 1. The Morgan fingerprint density at radius 1 is 1.47 bits per heavy atom. The Hall–Kier alpha value is -0.840. The predicted octanol–water partition coefficient (Wildman–Crippen LogP) is 2.39. The molecule has 0 aromatic carbocycles. The zero-order valence-corrected chi connectivity index (χ0v) is 12.3. The Bertz CT molecular complexity index is 370. The van der Waals surface area contributed by atoms with E-state index in [1.54, 1.807) is 6.26 Å². The molecule has 1 unspecified atom stereocenters. The Balaban J connectivity index is 1.82. The first kappa shape index (κ1) is 14.6. The number of likely N-dealkylation sites (N-methyl/N-ethyl adjacent to an activating group) is 1. The summed E-state index contributed by atoms with van der Waals surface area (Å²) in [6, 6.07) is 2.55. The van der Waals surface area contributed by atoms with Crippen molar-refractivity contribution in [3.05, 3.63) is 23.7 Å². The van der Waals surface area contributed by atoms with Crippen LogP contribution < -0.4 is 5.32 Å². The van der Waals surface area contributed by atoms with Gasteiger partial charge in [-0.15, -0.1) is 0 Å². The Morgan fingerprint density at radius 2 is 2.32 bits per heavy atom. The molecule has 4 nitrogen and oxygen atoms in total. The molecule has 4 heteroatoms. The molecule has 2 rings (SSSR count). The van der Waals surface area contributed by atoms with Gasteiger partial charge in [-0.1, -0.05) is 13.8 Å². The monoisotopic (exact) mass is 266 g/mol. The van der Waals surface area contributed by atoms with Gasteiger partial charge in [-0.2, -0.15) is 0 Å². The van der Waals surface area contributed by atoms with E-state index in [9.17, 15) is 0 Å². The van der Waals surface area contributed by atoms with Gasteiger partial charge < -0.3 is 14.5 Å². The van der Waals surface area contributed by atoms with Crippen molar-refractivity contribution in [2.75, 3.05) is 20.2 Å². The van der Waals surface area contributed by atoms with E-state index >= 15 is 0 Å². The van der Waals surface area contributed by atoms with E-state index in [4.69, 9.17) is 9.15 Å². The molecule has 0 spiro atoms. The van der Waals surface area contributed by atoms with Gasteiger partial charge >= 0.3 is 0 Å². The van der Waals surface area contributed by atoms with Gasteiger partial charge in [0.25, 0.3) is 0 Å². The van der Waals surface area contributed by atoms with Crippen LogP contribution in [0.15, 0.2) is 16.7 Å². The molecule has 1 atom stereocenters. The van der Waals surface area contributed by atoms with Gasteiger partial charge in [-0.25, -0.2) is 0 Å². The molecule has 0 amide bonds. The Kier molecular flexibility index (Phi) is 5.43. The maximum absolute atomic E-state index is 5.67. The second-order valence-electron chi connectivity index (χ2n) is 5.74. The third-order valence-corrected chi connectivity index (χ3v) is 3.49. The lowest BCUT2D eigenvalue weighted by molar-refractivity contribution is 0.0773. The highest BCUT2D eigenvalue weighted by Crippen LogP contribution is 2.16. The molecule has 2 heterocycles. The van der Waals surface area contributed by atoms with Gasteiger partial charge in [-0.3, -0.25) is 4.90 Å². The maximum Gasteiger partial charge on any atom is 0.122 e. The van der Waals surface area contributed by atoms with Crippen LogP contribution in [0.4, 0.5) is 0 Å². The van der Waals surface area contributed by atoms with Crippen molar-refractivity contribution in [2.24, 2.45) is 0 Å². The molecule has 1 fully saturated rings. The molecule has 1 aliphatic rings. The molecule has 1 N–H and O–H groups in total. The molecular weight excluding hydrogens is 240 g/mol. The van der Waals surface area contributed by atoms with Crippen molar-refractivity contribution in [3.63, 3.8) is 0 Å². The topological polar surface area (TPSA) is 37.6 Å². The smallest absolute Gasteiger partial charge is 0.122 e. The van der Waals surface area contributed by atoms with Gasteiger partial charge in [0, 0.05) is 31.3 Å². The lowest BCUT2D eigenvalue weighted by Crippen LogP contribution is -2.29. The SMILES string of the molecule is CC(C)NCc1ccoc1CN(C)CC1CCCO1. The van der Waals surface area contributed by atoms with Crippen molar-refractivity contribution < 1.29 is 9.15 Å². The number of hydrogen-bond donors (Lipinski definition) is 1. The molecule has 0 bridgehead atoms. The number of rotatable bonds is 7. The second-order valence-corrected chi connectivity index (χ2v) is 5.74. The molecule has 1 aromatic heterocycles. The van der Waals surface area contributed by atoms with Crippen LogP contribution in [0.1, 0.15) is 38.0 Å². The van der Waals surface area contributed by atoms with Gasteiger partial charge in [0.2, 0.25) is 0 Å². The first-order chi connectivity index (χ1) is 9.15. The molecule has 0 aliphatic carbocycles. The lowest BCUT2D eigenvalue weighted by Gasteiger charge is -2.20. The van der Waals surface area contributed by atoms with Crippen LogP contribution in [0, 0.1) is 0 Å². The average molecular weight is 266 g/mol. The first-order valence-electron chi connectivity index (χ1n) is 7.24. The van der Waals surface area contributed by atoms with Gasteiger partial charge in [0.1, 0.15) is 5.76 Å². The fourth-order valence-corrected chi connectivity index (χ4v) is 2.42. The largest absolute Gasteiger partial charge is 0.468 e. The molecule has 0 saturated carbocycles. The summed E-state index contributed by atoms with van der Waals surface area (Å²) in [5, 5.41) is 3.43. The normalized spacial score (nSPS) is 19.7. The molecular formula is C15H26N2O2. The summed E-state index contributed by atoms with van der Waals surface area (Å²) in [6.45, 7) is 7.94. The fraction of sp³-hybridized carbons (Fsp3) is 0.733. The summed E-state index contributed by atoms with van der Waals surface area (Å²) in [4.78, 5) is 2.29. The minimum absolute atomic E-state index is 0.400. The number of nitrogens with zero attached hydrogens (tertiary/aromatic N) is 1. The van der Waals surface area contributed by atoms with Gasteiger partial charge in [-0.05, 0) is 26.0 Å². The van der Waals surface area contributed by atoms with E-state index in [0.29, 0.717) is 12.1 Å². The van der Waals surface area contributed by atoms with Crippen molar-refractivity contribution in [1.29, 1.82) is 0 Å². The van der Waals surface area contributed by atoms with Crippen molar-refractivity contribution >= 4 is 0 Å². The average Bonchev–Trinajstić information content (AvgIpc) is 2.98. The maximum atomic E-state index is 5.67. The quantitative estimate of drug-likeness (QED) is 0.822. The summed E-state index contributed by atoms with van der Waals surface area (Å²) in [5.74, 6) is 1.06. The zero-order valence-electron chi connectivity index (χ0n) is 12.3. The minimum Gasteiger partial charge on any atom is -0.468 e. The highest BCUT2D eigenvalue weighted by molar-refractivity contribution is 5.16. The molecule has 19 heavy (non-hydrogen) atoms. The van der Waals surface area contributed by atoms with Crippen LogP contribution in [0.2, 0.25) is 0 Å². The van der Waals surface area contributed by atoms with E-state index in [0.717, 1.165) is 32.0 Å². The highest BCUT2D eigenvalue weighted by Gasteiger charge is 2.18. The van der Waals surface area contributed by atoms with Gasteiger partial charge in [0.05, 0.1) is 18.9 Å². The van der Waals surface area contributed by atoms with E-state index in [-0.39, 0.29) is 0 Å². The van der Waals surface area contributed by atoms with Crippen LogP contribution in [-0.4, -0.2) is 37.2 Å². The number of nitrogens with one attached hydrogen (secondary N) is 1. The highest BCUT2D eigenvalue weighted by atomic mass is 16.5. The van der Waals surface area contributed by atoms with E-state index in [1.807, 2.05) is 0 Å². The number of hydrogen-bond acceptors (Lipinski definition) is 4. The first-order valence-corrected chi connectivity index (χ1v) is 7.24. The minimum atomic E-state index is 0.400. The Morgan fingerprint density at radius 3 is 3.00 bits per heavy atom. The summed E-state index contributed by atoms with van der Waals surface area (Å²) < 4.78 is 11.3. The van der Waals surface area contributed by atoms with Crippen LogP contribution in [0.5, 0.6) is 0 Å². The second kappa shape index (κ2) is 7.08. The van der Waals surface area contributed by atoms with E-state index in [1.165, 1.54) is 18.4 Å². The molecule has 0 radical (unpaired) electrons. The standard InChI is InChI=1S/C15H26N2O2/c1-12(2)16-9-13-6-8-19-15(13)11-17(3)10-14-5-4-7-18-14/h6,8,12,14,16H,4-5,7,9-11H2,1-3H3. The lowest BCUT2D eigenvalue weighted by atomic mass is 10.2. The molecule has 1 saturated heterocycles. The molecule has 1 aliphatic heterocycles. The van der Waals surface area contributed by atoms with Gasteiger partial charge in [0.15, 0.2) is 0 Å². The predicted molar refractivity (Wildman–Crippen MR) is 76.0 cm³/mol. The van der Waals surface area contributed by atoms with Crippen LogP contribution in [-0.2, 0) is 17.8 Å². The van der Waals surface area contributed by atoms with E-state index < -0.39 is 0 Å². The summed E-state index contributed by atoms with van der Waals surface area (Å²) >= 11 is 0. The Labute approximate surface area is 116 Å². The summed E-state index contributed by atoms with van der Waals surface area (Å²) in [6.07, 6.45) is 4.57. The van der Waals surface area contributed by atoms with Crippen molar-refractivity contribution in [2.45, 2.75) is 51.9 Å².